The van der Waals surface area contributed by atoms with Crippen molar-refractivity contribution >= 4 is 39.9 Å². The summed E-state index contributed by atoms with van der Waals surface area (Å²) in [7, 11) is -4.54. The van der Waals surface area contributed by atoms with Gasteiger partial charge in [-0.25, -0.2) is 13.8 Å². The van der Waals surface area contributed by atoms with E-state index in [0.29, 0.717) is 5.56 Å². The SMILES string of the molecule is CC(C)(C)COS(=O)(=O)Oc1ccc(COC(=O)Oc2ccc([N+](=O)[O-])cc2)cc1NC(=O)CCCNC(=O)OCC1c2ccccc2-c2ccccc21. The molecule has 1 aliphatic carbocycles. The number of nitrogens with zero attached hydrogens (tertiary/aromatic N) is 1. The predicted octanol–water partition coefficient (Wildman–Crippen LogP) is 7.25. The molecule has 0 aromatic heterocycles. The second kappa shape index (κ2) is 17.2. The quantitative estimate of drug-likeness (QED) is 0.0405. The zero-order valence-electron chi connectivity index (χ0n) is 29.7. The van der Waals surface area contributed by atoms with Crippen LogP contribution in [0.15, 0.2) is 91.0 Å². The number of anilines is 1. The van der Waals surface area contributed by atoms with Crippen LogP contribution in [0.4, 0.5) is 21.0 Å². The second-order valence-corrected chi connectivity index (χ2v) is 14.7. The Hall–Kier alpha value is -6.00. The average molecular weight is 762 g/mol. The molecule has 16 heteroatoms. The van der Waals surface area contributed by atoms with Gasteiger partial charge in [-0.1, -0.05) is 75.4 Å². The van der Waals surface area contributed by atoms with Crippen LogP contribution in [0.25, 0.3) is 11.1 Å². The van der Waals surface area contributed by atoms with Gasteiger partial charge in [-0.3, -0.25) is 14.9 Å². The van der Waals surface area contributed by atoms with Crippen molar-refractivity contribution in [2.45, 2.75) is 46.1 Å². The van der Waals surface area contributed by atoms with Gasteiger partial charge in [0.15, 0.2) is 5.75 Å². The predicted molar refractivity (Wildman–Crippen MR) is 196 cm³/mol. The maximum absolute atomic E-state index is 13.0. The molecular weight excluding hydrogens is 722 g/mol. The molecule has 4 aromatic carbocycles. The first-order valence-corrected chi connectivity index (χ1v) is 18.2. The molecular formula is C38H39N3O12S. The van der Waals surface area contributed by atoms with Crippen LogP contribution in [-0.4, -0.2) is 51.3 Å². The number of amides is 2. The van der Waals surface area contributed by atoms with Crippen molar-refractivity contribution in [3.05, 3.63) is 118 Å². The highest BCUT2D eigenvalue weighted by Gasteiger charge is 2.29. The van der Waals surface area contributed by atoms with Crippen LogP contribution >= 0.6 is 0 Å². The molecule has 0 heterocycles. The van der Waals surface area contributed by atoms with Crippen LogP contribution in [-0.2, 0) is 35.5 Å². The molecule has 0 fully saturated rings. The normalized spacial score (nSPS) is 12.2. The van der Waals surface area contributed by atoms with Crippen molar-refractivity contribution in [1.82, 2.24) is 5.32 Å². The molecule has 4 aromatic rings. The molecule has 0 saturated heterocycles. The number of nitro benzene ring substituents is 1. The molecule has 15 nitrogen and oxygen atoms in total. The van der Waals surface area contributed by atoms with Gasteiger partial charge in [0.1, 0.15) is 19.0 Å². The van der Waals surface area contributed by atoms with Crippen LogP contribution in [0.5, 0.6) is 11.5 Å². The van der Waals surface area contributed by atoms with Gasteiger partial charge in [-0.05, 0) is 63.9 Å². The maximum Gasteiger partial charge on any atom is 0.514 e. The Morgan fingerprint density at radius 2 is 1.52 bits per heavy atom. The number of benzene rings is 4. The first-order valence-electron chi connectivity index (χ1n) is 16.9. The number of carbonyl (C=O) groups excluding carboxylic acids is 3. The fourth-order valence-electron chi connectivity index (χ4n) is 5.43. The van der Waals surface area contributed by atoms with Crippen molar-refractivity contribution in [2.24, 2.45) is 5.41 Å². The van der Waals surface area contributed by atoms with Gasteiger partial charge in [0.2, 0.25) is 5.91 Å². The standard InChI is InChI=1S/C38H39N3O12S/c1-38(2,3)24-51-54(47,48)53-34-19-14-25(22-50-37(44)52-27-17-15-26(16-18-27)41(45)46)21-33(34)40-35(42)13-8-20-39-36(43)49-23-32-30-11-6-4-9-28(30)29-10-5-7-12-31(29)32/h4-7,9-12,14-19,21,32H,8,13,20,22-24H2,1-3H3,(H,39,43)(H,40,42). The van der Waals surface area contributed by atoms with E-state index < -0.39 is 38.9 Å². The molecule has 0 spiro atoms. The number of ether oxygens (including phenoxy) is 3. The van der Waals surface area contributed by atoms with E-state index in [2.05, 4.69) is 10.6 Å². The largest absolute Gasteiger partial charge is 0.514 e. The van der Waals surface area contributed by atoms with Crippen molar-refractivity contribution in [1.29, 1.82) is 0 Å². The van der Waals surface area contributed by atoms with Crippen LogP contribution in [0.2, 0.25) is 0 Å². The summed E-state index contributed by atoms with van der Waals surface area (Å²) in [6.07, 6.45) is -1.60. The fourth-order valence-corrected chi connectivity index (χ4v) is 6.34. The highest BCUT2D eigenvalue weighted by molar-refractivity contribution is 7.82. The molecule has 0 aliphatic heterocycles. The molecule has 1 aliphatic rings. The molecule has 0 unspecified atom stereocenters. The first-order chi connectivity index (χ1) is 25.7. The van der Waals surface area contributed by atoms with E-state index in [1.165, 1.54) is 30.3 Å². The Balaban J connectivity index is 1.15. The lowest BCUT2D eigenvalue weighted by molar-refractivity contribution is -0.384. The van der Waals surface area contributed by atoms with Gasteiger partial charge in [-0.2, -0.15) is 8.42 Å². The van der Waals surface area contributed by atoms with Crippen LogP contribution in [0.3, 0.4) is 0 Å². The fraction of sp³-hybridized carbons (Fsp3) is 0.289. The van der Waals surface area contributed by atoms with E-state index in [-0.39, 0.29) is 68.0 Å². The number of hydrogen-bond donors (Lipinski definition) is 2. The summed E-state index contributed by atoms with van der Waals surface area (Å²) in [5.74, 6) is -0.880. The maximum atomic E-state index is 13.0. The van der Waals surface area contributed by atoms with Gasteiger partial charge < -0.3 is 29.0 Å². The third-order valence-corrected chi connectivity index (χ3v) is 8.74. The van der Waals surface area contributed by atoms with Gasteiger partial charge in [0, 0.05) is 31.0 Å². The van der Waals surface area contributed by atoms with Crippen LogP contribution in [0, 0.1) is 15.5 Å². The summed E-state index contributed by atoms with van der Waals surface area (Å²) in [4.78, 5) is 48.0. The minimum atomic E-state index is -4.54. The van der Waals surface area contributed by atoms with E-state index in [0.717, 1.165) is 34.4 Å². The summed E-state index contributed by atoms with van der Waals surface area (Å²) in [6, 6.07) is 24.8. The third kappa shape index (κ3) is 11.0. The van der Waals surface area contributed by atoms with Gasteiger partial charge in [-0.15, -0.1) is 0 Å². The smallest absolute Gasteiger partial charge is 0.449 e. The number of hydrogen-bond acceptors (Lipinski definition) is 12. The number of fused-ring (bicyclic) bond motifs is 3. The van der Waals surface area contributed by atoms with E-state index in [9.17, 15) is 32.9 Å². The van der Waals surface area contributed by atoms with Gasteiger partial charge >= 0.3 is 22.6 Å². The third-order valence-electron chi connectivity index (χ3n) is 7.95. The summed E-state index contributed by atoms with van der Waals surface area (Å²) in [5.41, 5.74) is 3.96. The molecule has 2 amide bonds. The summed E-state index contributed by atoms with van der Waals surface area (Å²) < 4.78 is 51.1. The number of nitro groups is 1. The molecule has 0 bridgehead atoms. The van der Waals surface area contributed by atoms with Crippen molar-refractivity contribution in [3.63, 3.8) is 0 Å². The van der Waals surface area contributed by atoms with E-state index in [1.54, 1.807) is 20.8 Å². The molecule has 5 rings (SSSR count). The second-order valence-electron chi connectivity index (χ2n) is 13.4. The van der Waals surface area contributed by atoms with E-state index in [4.69, 9.17) is 22.6 Å². The Labute approximate surface area is 312 Å². The highest BCUT2D eigenvalue weighted by atomic mass is 32.3. The topological polar surface area (TPSA) is 199 Å². The van der Waals surface area contributed by atoms with E-state index >= 15 is 0 Å². The monoisotopic (exact) mass is 761 g/mol. The summed E-state index contributed by atoms with van der Waals surface area (Å²) in [5, 5.41) is 16.1. The number of alkyl carbamates (subject to hydrolysis) is 1. The highest BCUT2D eigenvalue weighted by Crippen LogP contribution is 2.44. The number of non-ortho nitro benzene ring substituents is 1. The zero-order valence-corrected chi connectivity index (χ0v) is 30.6. The first kappa shape index (κ1) is 39.2. The molecule has 2 N–H and O–H groups in total. The van der Waals surface area contributed by atoms with E-state index in [1.807, 2.05) is 48.5 Å². The number of nitrogens with one attached hydrogen (secondary N) is 2. The Morgan fingerprint density at radius 3 is 2.15 bits per heavy atom. The Morgan fingerprint density at radius 1 is 0.870 bits per heavy atom. The van der Waals surface area contributed by atoms with Crippen LogP contribution in [0.1, 0.15) is 56.2 Å². The molecule has 0 radical (unpaired) electrons. The van der Waals surface area contributed by atoms with Gasteiger partial charge in [0.05, 0.1) is 17.2 Å². The number of rotatable bonds is 15. The van der Waals surface area contributed by atoms with Crippen molar-refractivity contribution in [2.75, 3.05) is 25.1 Å². The summed E-state index contributed by atoms with van der Waals surface area (Å²) in [6.45, 7) is 5.06. The lowest BCUT2D eigenvalue weighted by atomic mass is 9.98. The number of carbonyl (C=O) groups is 3. The molecule has 0 saturated carbocycles. The Bertz CT molecular complexity index is 2070. The van der Waals surface area contributed by atoms with Gasteiger partial charge in [0.25, 0.3) is 5.69 Å². The summed E-state index contributed by atoms with van der Waals surface area (Å²) >= 11 is 0. The zero-order chi connectivity index (χ0) is 38.9. The Kier molecular flexibility index (Phi) is 12.5. The minimum absolute atomic E-state index is 0.0101. The lowest BCUT2D eigenvalue weighted by Crippen LogP contribution is -2.27. The minimum Gasteiger partial charge on any atom is -0.449 e. The lowest BCUT2D eigenvalue weighted by Gasteiger charge is -2.18. The molecule has 0 atom stereocenters. The van der Waals surface area contributed by atoms with Crippen LogP contribution < -0.4 is 19.6 Å². The average Bonchev–Trinajstić information content (AvgIpc) is 3.45. The van der Waals surface area contributed by atoms with Crippen molar-refractivity contribution < 1.29 is 50.3 Å². The van der Waals surface area contributed by atoms with Crippen molar-refractivity contribution in [3.8, 4) is 22.6 Å². The molecule has 284 valence electrons. The molecule has 54 heavy (non-hydrogen) atoms.